The van der Waals surface area contributed by atoms with Crippen molar-refractivity contribution in [1.29, 1.82) is 0 Å². The molecule has 0 fully saturated rings. The van der Waals surface area contributed by atoms with Crippen LogP contribution in [0, 0.1) is 11.8 Å². The Kier molecular flexibility index (Phi) is 7.67. The number of ether oxygens (including phenoxy) is 1. The van der Waals surface area contributed by atoms with Crippen molar-refractivity contribution in [3.63, 3.8) is 0 Å². The molecule has 0 aliphatic heterocycles. The second-order valence-corrected chi connectivity index (χ2v) is 5.43. The summed E-state index contributed by atoms with van der Waals surface area (Å²) in [5.74, 6) is 2.31. The maximum absolute atomic E-state index is 5.04. The summed E-state index contributed by atoms with van der Waals surface area (Å²) in [4.78, 5) is 4.40. The molecule has 1 atom stereocenters. The minimum absolute atomic E-state index is 0.598. The first-order valence-electron chi connectivity index (χ1n) is 7.23. The van der Waals surface area contributed by atoms with Gasteiger partial charge in [-0.15, -0.1) is 0 Å². The molecule has 110 valence electrons. The van der Waals surface area contributed by atoms with Gasteiger partial charge in [-0.3, -0.25) is 0 Å². The van der Waals surface area contributed by atoms with E-state index >= 15 is 0 Å². The number of methoxy groups -OCH3 is 1. The van der Waals surface area contributed by atoms with E-state index in [0.717, 1.165) is 44.9 Å². The Bertz CT molecular complexity index is 338. The third-order valence-corrected chi connectivity index (χ3v) is 3.20. The molecule has 0 radical (unpaired) electrons. The summed E-state index contributed by atoms with van der Waals surface area (Å²) in [6.07, 6.45) is 3.81. The van der Waals surface area contributed by atoms with Crippen molar-refractivity contribution in [2.75, 3.05) is 26.8 Å². The molecule has 1 aromatic heterocycles. The van der Waals surface area contributed by atoms with Gasteiger partial charge in [0.2, 0.25) is 0 Å². The summed E-state index contributed by atoms with van der Waals surface area (Å²) in [6.45, 7) is 10.3. The molecule has 0 saturated carbocycles. The van der Waals surface area contributed by atoms with Gasteiger partial charge in [-0.05, 0) is 18.4 Å². The fourth-order valence-electron chi connectivity index (χ4n) is 2.04. The van der Waals surface area contributed by atoms with E-state index in [1.54, 1.807) is 13.4 Å². The zero-order chi connectivity index (χ0) is 14.1. The molecule has 5 nitrogen and oxygen atoms in total. The molecule has 0 aromatic carbocycles. The molecule has 0 amide bonds. The second kappa shape index (κ2) is 9.04. The van der Waals surface area contributed by atoms with Crippen LogP contribution in [0.25, 0.3) is 0 Å². The Labute approximate surface area is 116 Å². The van der Waals surface area contributed by atoms with Gasteiger partial charge in [0.1, 0.15) is 12.2 Å². The molecule has 0 aliphatic rings. The first-order valence-corrected chi connectivity index (χ1v) is 7.23. The van der Waals surface area contributed by atoms with Crippen LogP contribution in [0.1, 0.15) is 33.0 Å². The number of hydrogen-bond donors (Lipinski definition) is 1. The van der Waals surface area contributed by atoms with Crippen LogP contribution in [0.4, 0.5) is 0 Å². The van der Waals surface area contributed by atoms with Crippen molar-refractivity contribution in [2.45, 2.75) is 40.2 Å². The molecule has 1 rings (SSSR count). The predicted octanol–water partition coefficient (Wildman–Crippen LogP) is 1.74. The first-order chi connectivity index (χ1) is 9.17. The van der Waals surface area contributed by atoms with Crippen molar-refractivity contribution in [3.8, 4) is 0 Å². The van der Waals surface area contributed by atoms with Crippen molar-refractivity contribution < 1.29 is 4.74 Å². The van der Waals surface area contributed by atoms with Crippen LogP contribution in [0.5, 0.6) is 0 Å². The maximum atomic E-state index is 5.04. The Morgan fingerprint density at radius 3 is 2.84 bits per heavy atom. The van der Waals surface area contributed by atoms with E-state index < -0.39 is 0 Å². The number of rotatable bonds is 10. The van der Waals surface area contributed by atoms with Gasteiger partial charge in [-0.25, -0.2) is 9.67 Å². The van der Waals surface area contributed by atoms with Crippen LogP contribution in [-0.4, -0.2) is 41.6 Å². The minimum atomic E-state index is 0.598. The average molecular weight is 268 g/mol. The lowest BCUT2D eigenvalue weighted by Gasteiger charge is -2.16. The zero-order valence-corrected chi connectivity index (χ0v) is 12.7. The third kappa shape index (κ3) is 6.16. The number of hydrogen-bond acceptors (Lipinski definition) is 4. The van der Waals surface area contributed by atoms with Crippen LogP contribution in [-0.2, 0) is 17.7 Å². The van der Waals surface area contributed by atoms with Crippen molar-refractivity contribution >= 4 is 0 Å². The van der Waals surface area contributed by atoms with Gasteiger partial charge in [0.15, 0.2) is 0 Å². The second-order valence-electron chi connectivity index (χ2n) is 5.43. The average Bonchev–Trinajstić information content (AvgIpc) is 2.79. The fraction of sp³-hybridized carbons (Fsp3) is 0.857. The van der Waals surface area contributed by atoms with Crippen LogP contribution >= 0.6 is 0 Å². The standard InChI is InChI=1S/C14H28N4O/c1-5-13(9-15-6-7-19-4)8-14-16-11-17-18(14)10-12(2)3/h11-13,15H,5-10H2,1-4H3. The fourth-order valence-corrected chi connectivity index (χ4v) is 2.04. The summed E-state index contributed by atoms with van der Waals surface area (Å²) in [7, 11) is 1.73. The van der Waals surface area contributed by atoms with E-state index in [1.165, 1.54) is 0 Å². The summed E-state index contributed by atoms with van der Waals surface area (Å²) in [6, 6.07) is 0. The van der Waals surface area contributed by atoms with Crippen LogP contribution in [0.15, 0.2) is 6.33 Å². The Morgan fingerprint density at radius 1 is 1.42 bits per heavy atom. The number of nitrogens with one attached hydrogen (secondary N) is 1. The summed E-state index contributed by atoms with van der Waals surface area (Å²) in [5, 5.41) is 7.75. The lowest BCUT2D eigenvalue weighted by atomic mass is 10.0. The molecule has 0 spiro atoms. The van der Waals surface area contributed by atoms with Crippen LogP contribution < -0.4 is 5.32 Å². The molecule has 0 bridgehead atoms. The van der Waals surface area contributed by atoms with Crippen molar-refractivity contribution in [1.82, 2.24) is 20.1 Å². The van der Waals surface area contributed by atoms with E-state index in [-0.39, 0.29) is 0 Å². The molecule has 5 heteroatoms. The Balaban J connectivity index is 2.44. The smallest absolute Gasteiger partial charge is 0.138 e. The molecule has 1 unspecified atom stereocenters. The highest BCUT2D eigenvalue weighted by molar-refractivity contribution is 4.88. The van der Waals surface area contributed by atoms with Gasteiger partial charge in [0.25, 0.3) is 0 Å². The highest BCUT2D eigenvalue weighted by atomic mass is 16.5. The van der Waals surface area contributed by atoms with E-state index in [2.05, 4.69) is 36.2 Å². The monoisotopic (exact) mass is 268 g/mol. The predicted molar refractivity (Wildman–Crippen MR) is 77.1 cm³/mol. The summed E-state index contributed by atoms with van der Waals surface area (Å²) < 4.78 is 7.08. The quantitative estimate of drug-likeness (QED) is 0.657. The molecular formula is C14H28N4O. The Morgan fingerprint density at radius 2 is 2.21 bits per heavy atom. The minimum Gasteiger partial charge on any atom is -0.383 e. The SMILES string of the molecule is CCC(CNCCOC)Cc1ncnn1CC(C)C. The number of aromatic nitrogens is 3. The van der Waals surface area contributed by atoms with Crippen LogP contribution in [0.2, 0.25) is 0 Å². The normalized spacial score (nSPS) is 13.1. The van der Waals surface area contributed by atoms with E-state index in [1.807, 2.05) is 4.68 Å². The Hall–Kier alpha value is -0.940. The van der Waals surface area contributed by atoms with Gasteiger partial charge in [-0.1, -0.05) is 27.2 Å². The maximum Gasteiger partial charge on any atom is 0.138 e. The third-order valence-electron chi connectivity index (χ3n) is 3.20. The molecule has 0 aliphatic carbocycles. The van der Waals surface area contributed by atoms with Gasteiger partial charge in [0, 0.05) is 26.6 Å². The number of nitrogens with zero attached hydrogens (tertiary/aromatic N) is 3. The van der Waals surface area contributed by atoms with E-state index in [4.69, 9.17) is 4.74 Å². The topological polar surface area (TPSA) is 52.0 Å². The van der Waals surface area contributed by atoms with E-state index in [9.17, 15) is 0 Å². The molecule has 19 heavy (non-hydrogen) atoms. The van der Waals surface area contributed by atoms with Gasteiger partial charge < -0.3 is 10.1 Å². The van der Waals surface area contributed by atoms with Gasteiger partial charge in [-0.2, -0.15) is 5.10 Å². The van der Waals surface area contributed by atoms with Crippen molar-refractivity contribution in [2.24, 2.45) is 11.8 Å². The lowest BCUT2D eigenvalue weighted by Crippen LogP contribution is -2.28. The highest BCUT2D eigenvalue weighted by Crippen LogP contribution is 2.10. The van der Waals surface area contributed by atoms with Crippen molar-refractivity contribution in [3.05, 3.63) is 12.2 Å². The summed E-state index contributed by atoms with van der Waals surface area (Å²) >= 11 is 0. The molecule has 1 heterocycles. The van der Waals surface area contributed by atoms with E-state index in [0.29, 0.717) is 11.8 Å². The lowest BCUT2D eigenvalue weighted by molar-refractivity contribution is 0.197. The molecule has 1 N–H and O–H groups in total. The molecular weight excluding hydrogens is 240 g/mol. The first kappa shape index (κ1) is 16.1. The van der Waals surface area contributed by atoms with Gasteiger partial charge >= 0.3 is 0 Å². The van der Waals surface area contributed by atoms with Crippen LogP contribution in [0.3, 0.4) is 0 Å². The largest absolute Gasteiger partial charge is 0.383 e. The van der Waals surface area contributed by atoms with Gasteiger partial charge in [0.05, 0.1) is 6.61 Å². The molecule has 0 saturated heterocycles. The highest BCUT2D eigenvalue weighted by Gasteiger charge is 2.12. The summed E-state index contributed by atoms with van der Waals surface area (Å²) in [5.41, 5.74) is 0. The molecule has 1 aromatic rings. The zero-order valence-electron chi connectivity index (χ0n) is 12.7.